The molecule has 0 bridgehead atoms. The number of nitrogens with zero attached hydrogens (tertiary/aromatic N) is 3. The maximum atomic E-state index is 12.6. The topological polar surface area (TPSA) is 82.2 Å². The first-order valence-corrected chi connectivity index (χ1v) is 11.1. The molecule has 176 valence electrons. The highest BCUT2D eigenvalue weighted by Gasteiger charge is 2.29. The van der Waals surface area contributed by atoms with Gasteiger partial charge < -0.3 is 14.5 Å². The molecule has 1 N–H and O–H groups in total. The molecule has 2 heterocycles. The van der Waals surface area contributed by atoms with E-state index < -0.39 is 18.7 Å². The van der Waals surface area contributed by atoms with E-state index in [0.717, 1.165) is 17.3 Å². The number of aromatic nitrogens is 3. The number of carbonyl (C=O) groups is 1. The van der Waals surface area contributed by atoms with Crippen molar-refractivity contribution in [1.82, 2.24) is 14.8 Å². The monoisotopic (exact) mass is 488 g/mol. The summed E-state index contributed by atoms with van der Waals surface area (Å²) in [6.45, 7) is -0.991. The molecule has 2 aromatic carbocycles. The summed E-state index contributed by atoms with van der Waals surface area (Å²) >= 11 is 1.15. The molecule has 7 nitrogen and oxygen atoms in total. The number of amides is 1. The molecule has 0 aliphatic rings. The van der Waals surface area contributed by atoms with Crippen LogP contribution in [0.15, 0.2) is 82.6 Å². The van der Waals surface area contributed by atoms with Crippen molar-refractivity contribution in [1.29, 1.82) is 0 Å². The molecule has 0 aliphatic carbocycles. The number of nitrogens with one attached hydrogen (secondary N) is 1. The van der Waals surface area contributed by atoms with Gasteiger partial charge in [0.2, 0.25) is 11.7 Å². The van der Waals surface area contributed by atoms with Gasteiger partial charge in [0.15, 0.2) is 17.5 Å². The SMILES string of the molecule is O=C(CSc1nnc(-c2ccco2)n1Cc1ccccc1)Nc1ccccc1OCC(F)(F)F. The number of hydrogen-bond acceptors (Lipinski definition) is 6. The van der Waals surface area contributed by atoms with Crippen LogP contribution in [0, 0.1) is 0 Å². The first kappa shape index (κ1) is 23.4. The first-order valence-electron chi connectivity index (χ1n) is 10.1. The van der Waals surface area contributed by atoms with Crippen LogP contribution in [0.4, 0.5) is 18.9 Å². The number of rotatable bonds is 9. The van der Waals surface area contributed by atoms with Crippen LogP contribution in [0.5, 0.6) is 5.75 Å². The summed E-state index contributed by atoms with van der Waals surface area (Å²) in [6.07, 6.45) is -2.95. The predicted molar refractivity (Wildman–Crippen MR) is 121 cm³/mol. The van der Waals surface area contributed by atoms with Crippen LogP contribution in [-0.4, -0.2) is 39.2 Å². The number of benzene rings is 2. The average Bonchev–Trinajstić information content (AvgIpc) is 3.47. The highest BCUT2D eigenvalue weighted by molar-refractivity contribution is 7.99. The van der Waals surface area contributed by atoms with Gasteiger partial charge in [-0.25, -0.2) is 0 Å². The number of halogens is 3. The highest BCUT2D eigenvalue weighted by Crippen LogP contribution is 2.28. The van der Waals surface area contributed by atoms with Gasteiger partial charge in [0.05, 0.1) is 24.2 Å². The Kier molecular flexibility index (Phi) is 7.21. The molecule has 0 saturated heterocycles. The molecule has 0 atom stereocenters. The number of furan rings is 1. The van der Waals surface area contributed by atoms with E-state index in [-0.39, 0.29) is 17.2 Å². The molecule has 0 saturated carbocycles. The minimum atomic E-state index is -4.48. The van der Waals surface area contributed by atoms with Gasteiger partial charge in [-0.2, -0.15) is 13.2 Å². The molecule has 1 amide bonds. The van der Waals surface area contributed by atoms with E-state index in [1.165, 1.54) is 24.5 Å². The van der Waals surface area contributed by atoms with E-state index in [4.69, 9.17) is 9.15 Å². The number of para-hydroxylation sites is 2. The van der Waals surface area contributed by atoms with E-state index in [2.05, 4.69) is 15.5 Å². The van der Waals surface area contributed by atoms with Crippen molar-refractivity contribution in [3.05, 3.63) is 78.6 Å². The van der Waals surface area contributed by atoms with Crippen LogP contribution in [0.3, 0.4) is 0 Å². The Morgan fingerprint density at radius 2 is 1.79 bits per heavy atom. The molecule has 0 spiro atoms. The minimum absolute atomic E-state index is 0.0430. The second-order valence-electron chi connectivity index (χ2n) is 7.09. The van der Waals surface area contributed by atoms with E-state index in [9.17, 15) is 18.0 Å². The quantitative estimate of drug-likeness (QED) is 0.324. The van der Waals surface area contributed by atoms with Gasteiger partial charge in [0.1, 0.15) is 5.75 Å². The molecule has 11 heteroatoms. The molecule has 34 heavy (non-hydrogen) atoms. The Hall–Kier alpha value is -3.73. The Labute approximate surface area is 196 Å². The van der Waals surface area contributed by atoms with Crippen molar-refractivity contribution in [2.45, 2.75) is 17.9 Å². The van der Waals surface area contributed by atoms with Gasteiger partial charge in [0.25, 0.3) is 0 Å². The highest BCUT2D eigenvalue weighted by atomic mass is 32.2. The number of alkyl halides is 3. The van der Waals surface area contributed by atoms with Gasteiger partial charge in [-0.05, 0) is 29.8 Å². The van der Waals surface area contributed by atoms with Crippen LogP contribution >= 0.6 is 11.8 Å². The Morgan fingerprint density at radius 3 is 2.53 bits per heavy atom. The Bertz CT molecular complexity index is 1230. The molecular weight excluding hydrogens is 469 g/mol. The lowest BCUT2D eigenvalue weighted by Crippen LogP contribution is -2.20. The fraction of sp³-hybridized carbons (Fsp3) is 0.174. The fourth-order valence-corrected chi connectivity index (χ4v) is 3.80. The third-order valence-electron chi connectivity index (χ3n) is 4.53. The normalized spacial score (nSPS) is 11.4. The van der Waals surface area contributed by atoms with Crippen LogP contribution in [-0.2, 0) is 11.3 Å². The zero-order valence-electron chi connectivity index (χ0n) is 17.7. The van der Waals surface area contributed by atoms with Crippen molar-refractivity contribution in [3.63, 3.8) is 0 Å². The van der Waals surface area contributed by atoms with Crippen LogP contribution in [0.2, 0.25) is 0 Å². The summed E-state index contributed by atoms with van der Waals surface area (Å²) < 4.78 is 49.6. The Morgan fingerprint density at radius 1 is 1.03 bits per heavy atom. The van der Waals surface area contributed by atoms with Crippen molar-refractivity contribution in [2.75, 3.05) is 17.7 Å². The molecule has 2 aromatic heterocycles. The summed E-state index contributed by atoms with van der Waals surface area (Å²) in [4.78, 5) is 12.6. The zero-order valence-corrected chi connectivity index (χ0v) is 18.5. The molecular formula is C23H19F3N4O3S. The number of thioether (sulfide) groups is 1. The van der Waals surface area contributed by atoms with Crippen molar-refractivity contribution >= 4 is 23.4 Å². The van der Waals surface area contributed by atoms with Crippen molar-refractivity contribution < 1.29 is 27.1 Å². The largest absolute Gasteiger partial charge is 0.482 e. The minimum Gasteiger partial charge on any atom is -0.482 e. The number of anilines is 1. The lowest BCUT2D eigenvalue weighted by molar-refractivity contribution is -0.153. The second-order valence-corrected chi connectivity index (χ2v) is 8.03. The van der Waals surface area contributed by atoms with Crippen LogP contribution < -0.4 is 10.1 Å². The van der Waals surface area contributed by atoms with E-state index in [1.807, 2.05) is 34.9 Å². The van der Waals surface area contributed by atoms with Gasteiger partial charge in [-0.15, -0.1) is 10.2 Å². The van der Waals surface area contributed by atoms with E-state index >= 15 is 0 Å². The maximum absolute atomic E-state index is 12.6. The van der Waals surface area contributed by atoms with E-state index in [1.54, 1.807) is 18.2 Å². The average molecular weight is 488 g/mol. The lowest BCUT2D eigenvalue weighted by Gasteiger charge is -2.14. The fourth-order valence-electron chi connectivity index (χ4n) is 3.06. The molecule has 4 aromatic rings. The second kappa shape index (κ2) is 10.5. The van der Waals surface area contributed by atoms with Gasteiger partial charge >= 0.3 is 6.18 Å². The number of ether oxygens (including phenoxy) is 1. The summed E-state index contributed by atoms with van der Waals surface area (Å²) in [5.41, 5.74) is 1.16. The van der Waals surface area contributed by atoms with Crippen LogP contribution in [0.1, 0.15) is 5.56 Å². The van der Waals surface area contributed by atoms with Gasteiger partial charge in [0, 0.05) is 0 Å². The van der Waals surface area contributed by atoms with Crippen molar-refractivity contribution in [3.8, 4) is 17.3 Å². The summed E-state index contributed by atoms with van der Waals surface area (Å²) in [6, 6.07) is 19.2. The van der Waals surface area contributed by atoms with Gasteiger partial charge in [-0.3, -0.25) is 9.36 Å². The summed E-state index contributed by atoms with van der Waals surface area (Å²) in [7, 11) is 0. The molecule has 0 aliphatic heterocycles. The van der Waals surface area contributed by atoms with Gasteiger partial charge in [-0.1, -0.05) is 54.2 Å². The van der Waals surface area contributed by atoms with E-state index in [0.29, 0.717) is 23.3 Å². The third-order valence-corrected chi connectivity index (χ3v) is 5.49. The predicted octanol–water partition coefficient (Wildman–Crippen LogP) is 5.26. The smallest absolute Gasteiger partial charge is 0.422 e. The van der Waals surface area contributed by atoms with Crippen molar-refractivity contribution in [2.24, 2.45) is 0 Å². The summed E-state index contributed by atoms with van der Waals surface area (Å²) in [5, 5.41) is 11.5. The standard InChI is InChI=1S/C23H19F3N4O3S/c24-23(25,26)15-33-18-10-5-4-9-17(18)27-20(31)14-34-22-29-28-21(19-11-6-12-32-19)30(22)13-16-7-2-1-3-8-16/h1-12H,13-15H2,(H,27,31). The number of carbonyl (C=O) groups excluding carboxylic acids is 1. The molecule has 4 rings (SSSR count). The Balaban J connectivity index is 1.46. The number of hydrogen-bond donors (Lipinski definition) is 1. The molecule has 0 radical (unpaired) electrons. The first-order chi connectivity index (χ1) is 16.4. The van der Waals surface area contributed by atoms with Crippen LogP contribution in [0.25, 0.3) is 11.6 Å². The lowest BCUT2D eigenvalue weighted by atomic mass is 10.2. The third kappa shape index (κ3) is 6.19. The zero-order chi connectivity index (χ0) is 24.0. The molecule has 0 fully saturated rings. The summed E-state index contributed by atoms with van der Waals surface area (Å²) in [5.74, 6) is 0.518. The molecule has 0 unspecified atom stereocenters. The maximum Gasteiger partial charge on any atom is 0.422 e.